The van der Waals surface area contributed by atoms with E-state index in [-0.39, 0.29) is 18.8 Å². The Hall–Kier alpha value is -3.50. The standard InChI is InChI=1S/C17H10F5N3O3.CH4/c18-16(19,20)17(21,22)28-13-7-5-12(6-8-13)25-9-23-14(24-25)10-1-3-11(4-2-10)15(26)27;/h1-9H,(H,26,27);1H4. The SMILES string of the molecule is C.O=C(O)c1ccc(-c2ncn(-c3ccc(OC(F)(F)C(F)(F)F)cc3)n2)cc1. The van der Waals surface area contributed by atoms with Crippen LogP contribution >= 0.6 is 0 Å². The molecule has 1 heterocycles. The average Bonchev–Trinajstić information content (AvgIpc) is 3.11. The Balaban J connectivity index is 0.00000300. The summed E-state index contributed by atoms with van der Waals surface area (Å²) in [4.78, 5) is 14.9. The van der Waals surface area contributed by atoms with Crippen molar-refractivity contribution in [3.05, 3.63) is 60.4 Å². The molecule has 0 unspecified atom stereocenters. The van der Waals surface area contributed by atoms with E-state index in [0.717, 1.165) is 12.1 Å². The molecule has 2 aromatic carbocycles. The lowest BCUT2D eigenvalue weighted by Crippen LogP contribution is -2.41. The molecule has 0 saturated heterocycles. The first kappa shape index (κ1) is 21.8. The summed E-state index contributed by atoms with van der Waals surface area (Å²) in [6, 6.07) is 10.1. The zero-order chi connectivity index (χ0) is 20.5. The third-order valence-corrected chi connectivity index (χ3v) is 3.56. The smallest absolute Gasteiger partial charge is 0.478 e. The van der Waals surface area contributed by atoms with Gasteiger partial charge in [-0.15, -0.1) is 5.10 Å². The Labute approximate surface area is 161 Å². The Morgan fingerprint density at radius 1 is 0.966 bits per heavy atom. The van der Waals surface area contributed by atoms with Crippen molar-refractivity contribution in [2.45, 2.75) is 19.7 Å². The van der Waals surface area contributed by atoms with Crippen LogP contribution < -0.4 is 4.74 Å². The summed E-state index contributed by atoms with van der Waals surface area (Å²) in [7, 11) is 0. The van der Waals surface area contributed by atoms with E-state index >= 15 is 0 Å². The Morgan fingerprint density at radius 2 is 1.55 bits per heavy atom. The van der Waals surface area contributed by atoms with E-state index in [1.165, 1.54) is 47.4 Å². The van der Waals surface area contributed by atoms with Crippen molar-refractivity contribution in [2.24, 2.45) is 0 Å². The molecule has 3 rings (SSSR count). The monoisotopic (exact) mass is 415 g/mol. The highest BCUT2D eigenvalue weighted by atomic mass is 19.4. The molecule has 0 bridgehead atoms. The second-order valence-electron chi connectivity index (χ2n) is 5.51. The Morgan fingerprint density at radius 3 is 2.07 bits per heavy atom. The topological polar surface area (TPSA) is 77.2 Å². The first-order valence-electron chi connectivity index (χ1n) is 7.56. The van der Waals surface area contributed by atoms with Gasteiger partial charge in [0, 0.05) is 5.56 Å². The highest BCUT2D eigenvalue weighted by Gasteiger charge is 2.61. The molecule has 3 aromatic rings. The number of carboxylic acids is 1. The first-order chi connectivity index (χ1) is 13.1. The van der Waals surface area contributed by atoms with Crippen molar-refractivity contribution in [1.82, 2.24) is 14.8 Å². The number of carboxylic acid groups (broad SMARTS) is 1. The van der Waals surface area contributed by atoms with Crippen molar-refractivity contribution in [1.29, 1.82) is 0 Å². The third-order valence-electron chi connectivity index (χ3n) is 3.56. The second-order valence-corrected chi connectivity index (χ2v) is 5.51. The lowest BCUT2D eigenvalue weighted by Gasteiger charge is -2.20. The van der Waals surface area contributed by atoms with Crippen LogP contribution in [0, 0.1) is 0 Å². The number of hydrogen-bond acceptors (Lipinski definition) is 4. The number of benzene rings is 2. The number of nitrogens with zero attached hydrogens (tertiary/aromatic N) is 3. The highest BCUT2D eigenvalue weighted by Crippen LogP contribution is 2.37. The average molecular weight is 415 g/mol. The van der Waals surface area contributed by atoms with E-state index < -0.39 is 24.0 Å². The van der Waals surface area contributed by atoms with Crippen molar-refractivity contribution >= 4 is 5.97 Å². The molecule has 11 heteroatoms. The van der Waals surface area contributed by atoms with Gasteiger partial charge in [-0.2, -0.15) is 22.0 Å². The fourth-order valence-corrected chi connectivity index (χ4v) is 2.15. The van der Waals surface area contributed by atoms with Crippen molar-refractivity contribution in [3.8, 4) is 22.8 Å². The summed E-state index contributed by atoms with van der Waals surface area (Å²) < 4.78 is 67.3. The van der Waals surface area contributed by atoms with Crippen LogP contribution in [0.5, 0.6) is 5.75 Å². The highest BCUT2D eigenvalue weighted by molar-refractivity contribution is 5.88. The fourth-order valence-electron chi connectivity index (χ4n) is 2.15. The van der Waals surface area contributed by atoms with Gasteiger partial charge < -0.3 is 9.84 Å². The van der Waals surface area contributed by atoms with Gasteiger partial charge in [0.15, 0.2) is 5.82 Å². The predicted molar refractivity (Wildman–Crippen MR) is 92.1 cm³/mol. The van der Waals surface area contributed by atoms with Crippen LogP contribution in [0.3, 0.4) is 0 Å². The maximum absolute atomic E-state index is 12.9. The molecule has 6 nitrogen and oxygen atoms in total. The van der Waals surface area contributed by atoms with Gasteiger partial charge in [0.1, 0.15) is 12.1 Å². The molecular formula is C18H14F5N3O3. The van der Waals surface area contributed by atoms with Crippen LogP contribution in [0.4, 0.5) is 22.0 Å². The number of hydrogen-bond donors (Lipinski definition) is 1. The molecule has 1 aromatic heterocycles. The zero-order valence-corrected chi connectivity index (χ0v) is 13.7. The maximum Gasteiger partial charge on any atom is 0.499 e. The minimum absolute atomic E-state index is 0. The molecule has 0 spiro atoms. The predicted octanol–water partition coefficient (Wildman–Crippen LogP) is 4.80. The normalized spacial score (nSPS) is 11.6. The molecule has 0 atom stereocenters. The van der Waals surface area contributed by atoms with Crippen LogP contribution in [-0.2, 0) is 0 Å². The summed E-state index contributed by atoms with van der Waals surface area (Å²) in [5.74, 6) is -1.49. The largest absolute Gasteiger partial charge is 0.499 e. The molecule has 0 aliphatic heterocycles. The molecule has 0 saturated carbocycles. The van der Waals surface area contributed by atoms with E-state index in [2.05, 4.69) is 14.8 Å². The summed E-state index contributed by atoms with van der Waals surface area (Å²) in [6.07, 6.45) is -9.83. The first-order valence-corrected chi connectivity index (χ1v) is 7.56. The van der Waals surface area contributed by atoms with Crippen molar-refractivity contribution in [3.63, 3.8) is 0 Å². The molecule has 0 amide bonds. The third kappa shape index (κ3) is 4.68. The second kappa shape index (κ2) is 7.86. The lowest BCUT2D eigenvalue weighted by atomic mass is 10.1. The molecule has 0 fully saturated rings. The van der Waals surface area contributed by atoms with E-state index in [1.807, 2.05) is 0 Å². The van der Waals surface area contributed by atoms with Crippen LogP contribution in [0.2, 0.25) is 0 Å². The van der Waals surface area contributed by atoms with E-state index in [4.69, 9.17) is 5.11 Å². The van der Waals surface area contributed by atoms with Crippen molar-refractivity contribution < 1.29 is 36.6 Å². The Bertz CT molecular complexity index is 983. The summed E-state index contributed by atoms with van der Waals surface area (Å²) in [6.45, 7) is 0. The van der Waals surface area contributed by atoms with E-state index in [0.29, 0.717) is 11.3 Å². The number of alkyl halides is 5. The molecule has 1 N–H and O–H groups in total. The summed E-state index contributed by atoms with van der Waals surface area (Å²) >= 11 is 0. The van der Waals surface area contributed by atoms with E-state index in [1.54, 1.807) is 0 Å². The molecule has 154 valence electrons. The van der Waals surface area contributed by atoms with E-state index in [9.17, 15) is 26.7 Å². The molecule has 0 radical (unpaired) electrons. The van der Waals surface area contributed by atoms with Gasteiger partial charge in [0.25, 0.3) is 0 Å². The molecular weight excluding hydrogens is 401 g/mol. The molecule has 0 aliphatic rings. The van der Waals surface area contributed by atoms with Gasteiger partial charge in [-0.25, -0.2) is 14.5 Å². The van der Waals surface area contributed by atoms with Crippen LogP contribution in [0.1, 0.15) is 17.8 Å². The summed E-state index contributed by atoms with van der Waals surface area (Å²) in [5.41, 5.74) is 0.964. The number of ether oxygens (including phenoxy) is 1. The van der Waals surface area contributed by atoms with Gasteiger partial charge >= 0.3 is 18.3 Å². The number of halogens is 5. The maximum atomic E-state index is 12.9. The molecule has 0 aliphatic carbocycles. The lowest BCUT2D eigenvalue weighted by molar-refractivity contribution is -0.360. The minimum Gasteiger partial charge on any atom is -0.478 e. The number of aromatic carboxylic acids is 1. The van der Waals surface area contributed by atoms with Crippen LogP contribution in [-0.4, -0.2) is 38.1 Å². The number of rotatable bonds is 5. The zero-order valence-electron chi connectivity index (χ0n) is 13.7. The molecule has 29 heavy (non-hydrogen) atoms. The van der Waals surface area contributed by atoms with Crippen LogP contribution in [0.25, 0.3) is 17.1 Å². The Kier molecular flexibility index (Phi) is 5.90. The van der Waals surface area contributed by atoms with Gasteiger partial charge in [-0.05, 0) is 36.4 Å². The number of carbonyl (C=O) groups is 1. The number of aromatic nitrogens is 3. The van der Waals surface area contributed by atoms with Gasteiger partial charge in [0.2, 0.25) is 0 Å². The van der Waals surface area contributed by atoms with Gasteiger partial charge in [-0.1, -0.05) is 19.6 Å². The van der Waals surface area contributed by atoms with Gasteiger partial charge in [-0.3, -0.25) is 0 Å². The quantitative estimate of drug-likeness (QED) is 0.606. The summed E-state index contributed by atoms with van der Waals surface area (Å²) in [5, 5.41) is 13.0. The fraction of sp³-hybridized carbons (Fsp3) is 0.167. The minimum atomic E-state index is -5.83. The van der Waals surface area contributed by atoms with Gasteiger partial charge in [0.05, 0.1) is 11.3 Å². The van der Waals surface area contributed by atoms with Crippen LogP contribution in [0.15, 0.2) is 54.9 Å². The van der Waals surface area contributed by atoms with Crippen molar-refractivity contribution in [2.75, 3.05) is 0 Å².